The number of hydrogen-bond acceptors (Lipinski definition) is 6. The van der Waals surface area contributed by atoms with E-state index in [0.717, 1.165) is 43.7 Å². The Labute approximate surface area is 224 Å². The van der Waals surface area contributed by atoms with E-state index in [1.807, 2.05) is 37.3 Å². The van der Waals surface area contributed by atoms with Crippen LogP contribution in [-0.2, 0) is 33.7 Å². The van der Waals surface area contributed by atoms with Crippen molar-refractivity contribution in [2.75, 3.05) is 32.8 Å². The molecule has 1 fully saturated rings. The van der Waals surface area contributed by atoms with E-state index >= 15 is 0 Å². The summed E-state index contributed by atoms with van der Waals surface area (Å²) >= 11 is 0. The first-order valence-electron chi connectivity index (χ1n) is 13.7. The number of hydrogen-bond donors (Lipinski definition) is 0. The van der Waals surface area contributed by atoms with Crippen molar-refractivity contribution in [2.24, 2.45) is 0 Å². The summed E-state index contributed by atoms with van der Waals surface area (Å²) in [5.41, 5.74) is 3.28. The van der Waals surface area contributed by atoms with Crippen LogP contribution in [0.3, 0.4) is 0 Å². The molecule has 0 spiro atoms. The van der Waals surface area contributed by atoms with Gasteiger partial charge in [0.15, 0.2) is 12.4 Å². The molecule has 0 N–H and O–H groups in total. The van der Waals surface area contributed by atoms with Gasteiger partial charge in [-0.2, -0.15) is 0 Å². The van der Waals surface area contributed by atoms with Crippen molar-refractivity contribution in [3.63, 3.8) is 0 Å². The van der Waals surface area contributed by atoms with Crippen LogP contribution in [0.15, 0.2) is 48.5 Å². The molecule has 0 aliphatic carbocycles. The second-order valence-electron chi connectivity index (χ2n) is 9.86. The average Bonchev–Trinajstić information content (AvgIpc) is 3.26. The van der Waals surface area contributed by atoms with Crippen LogP contribution in [0.25, 0.3) is 10.9 Å². The van der Waals surface area contributed by atoms with Gasteiger partial charge in [0.05, 0.1) is 16.5 Å². The number of aryl methyl sites for hydroxylation is 2. The molecule has 2 aromatic carbocycles. The smallest absolute Gasteiger partial charge is 0.344 e. The van der Waals surface area contributed by atoms with Crippen LogP contribution in [-0.4, -0.2) is 59.9 Å². The van der Waals surface area contributed by atoms with Gasteiger partial charge in [-0.05, 0) is 62.9 Å². The normalized spacial score (nSPS) is 13.9. The fraction of sp³-hybridized carbons (Fsp3) is 0.452. The van der Waals surface area contributed by atoms with Crippen LogP contribution >= 0.6 is 0 Å². The highest BCUT2D eigenvalue weighted by Crippen LogP contribution is 2.35. The van der Waals surface area contributed by atoms with Gasteiger partial charge >= 0.3 is 5.97 Å². The third kappa shape index (κ3) is 6.70. The Morgan fingerprint density at radius 1 is 0.921 bits per heavy atom. The molecule has 0 radical (unpaired) electrons. The lowest BCUT2D eigenvalue weighted by Gasteiger charge is -2.25. The fourth-order valence-electron chi connectivity index (χ4n) is 5.32. The van der Waals surface area contributed by atoms with Gasteiger partial charge in [0.2, 0.25) is 5.78 Å². The Hall–Kier alpha value is -3.45. The molecule has 202 valence electrons. The second-order valence-corrected chi connectivity index (χ2v) is 9.86. The number of ether oxygens (including phenoxy) is 2. The zero-order valence-electron chi connectivity index (χ0n) is 22.5. The number of fused-ring (bicyclic) bond motifs is 1. The van der Waals surface area contributed by atoms with Gasteiger partial charge in [0.25, 0.3) is 0 Å². The molecule has 1 saturated heterocycles. The first-order chi connectivity index (χ1) is 18.5. The summed E-state index contributed by atoms with van der Waals surface area (Å²) < 4.78 is 13.4. The number of benzene rings is 2. The van der Waals surface area contributed by atoms with Crippen LogP contribution < -0.4 is 4.74 Å². The summed E-state index contributed by atoms with van der Waals surface area (Å²) in [6.07, 6.45) is 6.01. The van der Waals surface area contributed by atoms with Gasteiger partial charge < -0.3 is 14.0 Å². The molecule has 0 unspecified atom stereocenters. The Morgan fingerprint density at radius 3 is 2.39 bits per heavy atom. The van der Waals surface area contributed by atoms with E-state index in [2.05, 4.69) is 21.6 Å². The summed E-state index contributed by atoms with van der Waals surface area (Å²) in [4.78, 5) is 40.1. The maximum Gasteiger partial charge on any atom is 0.344 e. The van der Waals surface area contributed by atoms with Gasteiger partial charge in [-0.1, -0.05) is 49.7 Å². The van der Waals surface area contributed by atoms with Crippen molar-refractivity contribution < 1.29 is 23.9 Å². The predicted octanol–water partition coefficient (Wildman–Crippen LogP) is 5.02. The highest BCUT2D eigenvalue weighted by molar-refractivity contribution is 6.45. The molecule has 4 rings (SSSR count). The van der Waals surface area contributed by atoms with Gasteiger partial charge in [-0.15, -0.1) is 0 Å². The van der Waals surface area contributed by atoms with E-state index in [-0.39, 0.29) is 6.61 Å². The quantitative estimate of drug-likeness (QED) is 0.180. The van der Waals surface area contributed by atoms with E-state index in [4.69, 9.17) is 9.47 Å². The molecule has 3 aromatic rings. The Balaban J connectivity index is 1.52. The van der Waals surface area contributed by atoms with Gasteiger partial charge in [-0.3, -0.25) is 14.5 Å². The van der Waals surface area contributed by atoms with Gasteiger partial charge in [0, 0.05) is 25.7 Å². The molecule has 1 aliphatic heterocycles. The molecule has 7 nitrogen and oxygen atoms in total. The molecule has 0 bridgehead atoms. The lowest BCUT2D eigenvalue weighted by Crippen LogP contribution is -2.33. The molecule has 2 heterocycles. The minimum Gasteiger partial charge on any atom is -0.481 e. The lowest BCUT2D eigenvalue weighted by atomic mass is 10.0. The lowest BCUT2D eigenvalue weighted by molar-refractivity contribution is -0.146. The summed E-state index contributed by atoms with van der Waals surface area (Å²) in [6.45, 7) is 6.87. The number of carbonyl (C=O) groups is 3. The Kier molecular flexibility index (Phi) is 9.71. The fourth-order valence-corrected chi connectivity index (χ4v) is 5.32. The van der Waals surface area contributed by atoms with E-state index in [1.54, 1.807) is 6.07 Å². The molecule has 0 atom stereocenters. The molecule has 0 saturated carbocycles. The summed E-state index contributed by atoms with van der Waals surface area (Å²) in [5.74, 6) is -1.09. The number of carbonyl (C=O) groups excluding carboxylic acids is 3. The monoisotopic (exact) mass is 518 g/mol. The van der Waals surface area contributed by atoms with Crippen LogP contribution in [0.2, 0.25) is 0 Å². The standard InChI is InChI=1S/C31H38N2O5/c1-3-25-30(31(36)23(2)34)29-26(33(25)19-11-14-24-12-6-4-7-13-24)15-10-16-27(29)38-22-28(35)37-21-20-32-17-8-5-9-18-32/h4,6-7,10,12-13,15-16H,3,5,8-9,11,14,17-22H2,1-2H3. The molecule has 38 heavy (non-hydrogen) atoms. The topological polar surface area (TPSA) is 77.8 Å². The van der Waals surface area contributed by atoms with Crippen molar-refractivity contribution in [2.45, 2.75) is 58.9 Å². The van der Waals surface area contributed by atoms with Gasteiger partial charge in [-0.25, -0.2) is 4.79 Å². The number of Topliss-reactive ketones (excluding diaryl/α,β-unsaturated/α-hetero) is 2. The maximum atomic E-state index is 13.1. The molecule has 7 heteroatoms. The van der Waals surface area contributed by atoms with Crippen molar-refractivity contribution in [3.8, 4) is 5.75 Å². The van der Waals surface area contributed by atoms with E-state index in [1.165, 1.54) is 31.7 Å². The first-order valence-corrected chi connectivity index (χ1v) is 13.7. The number of rotatable bonds is 13. The Morgan fingerprint density at radius 2 is 1.68 bits per heavy atom. The number of esters is 1. The minimum absolute atomic E-state index is 0.256. The van der Waals surface area contributed by atoms with Gasteiger partial charge in [0.1, 0.15) is 12.4 Å². The largest absolute Gasteiger partial charge is 0.481 e. The molecule has 1 aliphatic rings. The number of aromatic nitrogens is 1. The summed E-state index contributed by atoms with van der Waals surface area (Å²) in [7, 11) is 0. The number of nitrogens with zero attached hydrogens (tertiary/aromatic N) is 2. The van der Waals surface area contributed by atoms with Crippen LogP contribution in [0.4, 0.5) is 0 Å². The average molecular weight is 519 g/mol. The van der Waals surface area contributed by atoms with E-state index < -0.39 is 17.5 Å². The minimum atomic E-state index is -0.534. The summed E-state index contributed by atoms with van der Waals surface area (Å²) in [5, 5.41) is 0.588. The third-order valence-electron chi connectivity index (χ3n) is 7.20. The molecule has 1 aromatic heterocycles. The number of likely N-dealkylation sites (tertiary alicyclic amines) is 1. The van der Waals surface area contributed by atoms with Crippen LogP contribution in [0.5, 0.6) is 5.75 Å². The van der Waals surface area contributed by atoms with Crippen molar-refractivity contribution in [1.82, 2.24) is 9.47 Å². The van der Waals surface area contributed by atoms with Crippen molar-refractivity contribution in [1.29, 1.82) is 0 Å². The zero-order chi connectivity index (χ0) is 26.9. The zero-order valence-corrected chi connectivity index (χ0v) is 22.5. The number of piperidine rings is 1. The van der Waals surface area contributed by atoms with E-state index in [0.29, 0.717) is 36.3 Å². The highest BCUT2D eigenvalue weighted by atomic mass is 16.6. The molecular weight excluding hydrogens is 480 g/mol. The molecular formula is C31H38N2O5. The molecule has 0 amide bonds. The van der Waals surface area contributed by atoms with Crippen LogP contribution in [0.1, 0.15) is 61.1 Å². The first kappa shape index (κ1) is 27.6. The third-order valence-corrected chi connectivity index (χ3v) is 7.20. The predicted molar refractivity (Wildman–Crippen MR) is 148 cm³/mol. The van der Waals surface area contributed by atoms with Crippen molar-refractivity contribution >= 4 is 28.4 Å². The van der Waals surface area contributed by atoms with Crippen LogP contribution in [0, 0.1) is 0 Å². The maximum absolute atomic E-state index is 13.1. The second kappa shape index (κ2) is 13.4. The van der Waals surface area contributed by atoms with Crippen molar-refractivity contribution in [3.05, 3.63) is 65.4 Å². The SMILES string of the molecule is CCc1c(C(=O)C(C)=O)c2c(OCC(=O)OCCN3CCCCC3)cccc2n1CCCc1ccccc1. The summed E-state index contributed by atoms with van der Waals surface area (Å²) in [6, 6.07) is 15.8. The Bertz CT molecular complexity index is 1260. The van der Waals surface area contributed by atoms with E-state index in [9.17, 15) is 14.4 Å². The highest BCUT2D eigenvalue weighted by Gasteiger charge is 2.26. The number of ketones is 2.